The van der Waals surface area contributed by atoms with Gasteiger partial charge in [0.15, 0.2) is 5.71 Å². The van der Waals surface area contributed by atoms with E-state index in [0.29, 0.717) is 24.3 Å². The second-order valence-corrected chi connectivity index (χ2v) is 18.1. The average molecular weight is 1150 g/mol. The molecule has 4 aromatic rings. The van der Waals surface area contributed by atoms with Gasteiger partial charge in [-0.15, -0.1) is 20.4 Å². The van der Waals surface area contributed by atoms with Gasteiger partial charge in [-0.3, -0.25) is 19.8 Å². The van der Waals surface area contributed by atoms with Gasteiger partial charge in [0, 0.05) is 5.69 Å². The molecule has 4 N–H and O–H groups in total. The van der Waals surface area contributed by atoms with Crippen LogP contribution in [-0.4, -0.2) is 79.4 Å². The third-order valence-corrected chi connectivity index (χ3v) is 11.9. The number of hydrogen-bond donors (Lipinski definition) is 4. The number of carbonyl (C=O) groups excluding carboxylic acids is 4. The number of hydrazone groups is 1. The summed E-state index contributed by atoms with van der Waals surface area (Å²) >= 11 is 0. The molecule has 0 saturated carbocycles. The number of anilines is 5. The molecule has 74 heavy (non-hydrogen) atoms. The second kappa shape index (κ2) is 27.2. The molecule has 7 rings (SSSR count). The first kappa shape index (κ1) is 65.8. The maximum absolute atomic E-state index is 13.8. The van der Waals surface area contributed by atoms with Gasteiger partial charge in [0.1, 0.15) is 41.8 Å². The first-order chi connectivity index (χ1) is 32.5. The molecular weight excluding hydrogens is 1130 g/mol. The molecule has 0 aromatic heterocycles. The predicted octanol–water partition coefficient (Wildman–Crippen LogP) is -11.0. The number of carboxylic acids is 1. The summed E-state index contributed by atoms with van der Waals surface area (Å²) in [5.41, 5.74) is 2.98. The number of ketones is 3. The van der Waals surface area contributed by atoms with E-state index in [1.807, 2.05) is 0 Å². The van der Waals surface area contributed by atoms with Crippen molar-refractivity contribution >= 4 is 111 Å². The van der Waals surface area contributed by atoms with E-state index in [0.717, 1.165) is 30.4 Å². The van der Waals surface area contributed by atoms with E-state index in [-0.39, 0.29) is 169 Å². The van der Waals surface area contributed by atoms with Gasteiger partial charge in [0.05, 0.1) is 60.4 Å². The van der Waals surface area contributed by atoms with Gasteiger partial charge in [-0.2, -0.15) is 5.10 Å². The molecule has 0 amide bonds. The normalized spacial score (nSPS) is 15.7. The Morgan fingerprint density at radius 3 is 1.82 bits per heavy atom. The van der Waals surface area contributed by atoms with Crippen molar-refractivity contribution in [1.29, 1.82) is 0 Å². The fraction of sp³-hybridized carbons (Fsp3) is 0. The van der Waals surface area contributed by atoms with Crippen LogP contribution in [0.1, 0.15) is 26.3 Å². The van der Waals surface area contributed by atoms with Crippen molar-refractivity contribution in [3.8, 4) is 5.75 Å². The summed E-state index contributed by atoms with van der Waals surface area (Å²) in [5.74, 6) is -6.58. The van der Waals surface area contributed by atoms with Crippen LogP contribution >= 0.6 is 0 Å². The number of rotatable bonds is 14. The van der Waals surface area contributed by atoms with Crippen molar-refractivity contribution in [2.24, 2.45) is 25.5 Å². The average Bonchev–Trinajstić information content (AvgIpc) is 3.27. The fourth-order valence-corrected chi connectivity index (χ4v) is 7.95. The molecule has 0 aliphatic heterocycles. The Balaban J connectivity index is 0.00000375. The summed E-state index contributed by atoms with van der Waals surface area (Å²) in [7, 11) is -16.0. The van der Waals surface area contributed by atoms with E-state index in [1.165, 1.54) is 60.7 Å². The Morgan fingerprint density at radius 2 is 1.22 bits per heavy atom. The minimum absolute atomic E-state index is 0. The Morgan fingerprint density at radius 1 is 0.608 bits per heavy atom. The zero-order valence-corrected chi connectivity index (χ0v) is 49.7. The summed E-state index contributed by atoms with van der Waals surface area (Å²) in [6, 6.07) is 13.6. The molecule has 361 valence electrons. The summed E-state index contributed by atoms with van der Waals surface area (Å²) in [4.78, 5) is 46.9. The second-order valence-electron chi connectivity index (χ2n) is 14.0. The number of aromatic carboxylic acids is 1. The maximum Gasteiger partial charge on any atom is 2.00 e. The first-order valence-electron chi connectivity index (χ1n) is 18.8. The number of nitrogens with zero attached hydrogens (tertiary/aromatic N) is 5. The number of allylic oxidation sites excluding steroid dienone is 7. The molecule has 1 radical (unpaired) electrons. The van der Waals surface area contributed by atoms with Crippen LogP contribution in [0.15, 0.2) is 161 Å². The Hall–Kier alpha value is -4.28. The minimum atomic E-state index is -5.56. The van der Waals surface area contributed by atoms with Gasteiger partial charge in [-0.1, -0.05) is 29.7 Å². The van der Waals surface area contributed by atoms with Crippen molar-refractivity contribution in [3.05, 3.63) is 142 Å². The van der Waals surface area contributed by atoms with Crippen LogP contribution in [0.3, 0.4) is 0 Å². The molecule has 4 aromatic carbocycles. The predicted molar refractivity (Wildman–Crippen MR) is 233 cm³/mol. The number of carboxylic acid groups (broad SMARTS) is 1. The zero-order chi connectivity index (χ0) is 50.0. The molecular formula is C41H23CuN9Na4O16S3. The van der Waals surface area contributed by atoms with E-state index >= 15 is 0 Å². The van der Waals surface area contributed by atoms with Crippen LogP contribution in [0.25, 0.3) is 6.08 Å². The standard InChI is InChI=1S/C41H29N9O16S3.Cu.4Na/c51-32-12-10-23(15-26(32)41(56)57)44-45-24-9-11-28(36(16-24)68(61,62)63)42-21-5-7-22(8-6-21)43-47-29-18-30(35(54)19-34(29)53)48-49-31-17-25(67(58,59)60)13-20-14-37(69(64,65)66)39(40(55)38(20)31)50-46-27-3-1-2-4-33(27)52;;;;;/h1-19,42-45,51,53H,(H,56,57)(H,58,59,60)(H,61,62,63)(H,64,65,66);;;;;/q;+2;4*+1/p-6/b46-27+,47-29-,49-48?,50-39-;;;;;. The van der Waals surface area contributed by atoms with Crippen LogP contribution in [0.2, 0.25) is 0 Å². The van der Waals surface area contributed by atoms with E-state index < -0.39 is 119 Å². The van der Waals surface area contributed by atoms with E-state index in [1.54, 1.807) is 0 Å². The van der Waals surface area contributed by atoms with E-state index in [2.05, 4.69) is 47.1 Å². The minimum Gasteiger partial charge on any atom is -0.872 e. The number of Topliss-reactive ketones (excluding diaryl/α,β-unsaturated/α-hetero) is 1. The molecule has 0 unspecified atom stereocenters. The Kier molecular flexibility index (Phi) is 24.2. The number of nitrogens with one attached hydrogen (secondary N) is 4. The number of carbonyl (C=O) groups is 4. The maximum atomic E-state index is 13.8. The summed E-state index contributed by atoms with van der Waals surface area (Å²) in [6.07, 6.45) is 6.91. The van der Waals surface area contributed by atoms with E-state index in [4.69, 9.17) is 0 Å². The third kappa shape index (κ3) is 16.1. The van der Waals surface area contributed by atoms with Crippen LogP contribution in [0.4, 0.5) is 34.1 Å². The van der Waals surface area contributed by atoms with Gasteiger partial charge < -0.3 is 49.9 Å². The molecule has 0 bridgehead atoms. The summed E-state index contributed by atoms with van der Waals surface area (Å²) in [5, 5.41) is 57.0. The third-order valence-electron chi connectivity index (χ3n) is 9.34. The van der Waals surface area contributed by atoms with Crippen molar-refractivity contribution in [3.63, 3.8) is 0 Å². The van der Waals surface area contributed by atoms with Gasteiger partial charge >= 0.3 is 135 Å². The van der Waals surface area contributed by atoms with Crippen LogP contribution in [0.5, 0.6) is 5.75 Å². The number of fused-ring (bicyclic) bond motifs is 1. The summed E-state index contributed by atoms with van der Waals surface area (Å²) in [6.45, 7) is 0. The largest absolute Gasteiger partial charge is 2.00 e. The topological polar surface area (TPSA) is 419 Å². The molecule has 25 nitrogen and oxygen atoms in total. The molecule has 0 spiro atoms. The monoisotopic (exact) mass is 1150 g/mol. The van der Waals surface area contributed by atoms with Crippen LogP contribution in [0, 0.1) is 0 Å². The van der Waals surface area contributed by atoms with Crippen LogP contribution in [-0.2, 0) is 57.0 Å². The molecule has 0 atom stereocenters. The molecule has 0 heterocycles. The van der Waals surface area contributed by atoms with Gasteiger partial charge in [0.2, 0.25) is 17.3 Å². The van der Waals surface area contributed by atoms with E-state index in [9.17, 15) is 73.4 Å². The molecule has 3 aliphatic carbocycles. The number of hydrogen-bond acceptors (Lipinski definition) is 25. The Bertz CT molecular complexity index is 3610. The smallest absolute Gasteiger partial charge is 0.872 e. The molecule has 0 saturated heterocycles. The molecule has 0 fully saturated rings. The number of hydrazine groups is 1. The first-order valence-corrected chi connectivity index (χ1v) is 23.0. The molecule has 33 heteroatoms. The number of azo groups is 1. The number of benzene rings is 4. The zero-order valence-electron chi connectivity index (χ0n) is 38.3. The van der Waals surface area contributed by atoms with Crippen molar-refractivity contribution in [2.75, 3.05) is 21.6 Å². The van der Waals surface area contributed by atoms with Gasteiger partial charge in [0.25, 0.3) is 0 Å². The van der Waals surface area contributed by atoms with Crippen molar-refractivity contribution < 1.29 is 209 Å². The van der Waals surface area contributed by atoms with Crippen molar-refractivity contribution in [2.45, 2.75) is 9.79 Å². The SMILES string of the molecule is O=C1C=C([O-])/C(=N\Nc2ccc(Nc3ccc(NNc4ccc([O-])c(C(=O)[O-])c4)cc3S(=O)(=O)[O-])cc2)C=C1N=Nc1cc(S(=O)(=O)[O-])cc2c1C(=O)/C(=N\N=C1/C=CC=CC1=O)C(S(=O)(=O)[O-])=C2.[Cu+2].[Na+].[Na+].[Na+].[Na+]. The van der Waals surface area contributed by atoms with Crippen LogP contribution < -0.4 is 155 Å². The fourth-order valence-electron chi connectivity index (χ4n) is 6.12. The Labute approximate surface area is 518 Å². The van der Waals surface area contributed by atoms with Gasteiger partial charge in [-0.25, -0.2) is 25.3 Å². The van der Waals surface area contributed by atoms with Gasteiger partial charge in [-0.05, 0) is 108 Å². The molecule has 3 aliphatic rings. The van der Waals surface area contributed by atoms with Crippen molar-refractivity contribution in [1.82, 2.24) is 0 Å². The summed E-state index contributed by atoms with van der Waals surface area (Å²) < 4.78 is 110. The quantitative estimate of drug-likeness (QED) is 0.0227.